The Morgan fingerprint density at radius 2 is 1.60 bits per heavy atom. The first-order valence-corrected chi connectivity index (χ1v) is 5.10. The minimum Gasteiger partial charge on any atom is -0.360 e. The summed E-state index contributed by atoms with van der Waals surface area (Å²) in [6.07, 6.45) is 2.70. The number of nitrogens with one attached hydrogen (secondary N) is 1. The fraction of sp³-hybridized carbons (Fsp3) is 0.308. The number of aldehydes is 1. The number of fused-ring (bicyclic) bond motifs is 1. The lowest BCUT2D eigenvalue weighted by atomic mass is 9.94. The van der Waals surface area contributed by atoms with E-state index in [1.165, 1.54) is 22.3 Å². The lowest BCUT2D eigenvalue weighted by Crippen LogP contribution is -1.93. The van der Waals surface area contributed by atoms with Crippen molar-refractivity contribution in [1.29, 1.82) is 0 Å². The van der Waals surface area contributed by atoms with Crippen molar-refractivity contribution in [1.82, 2.24) is 4.98 Å². The first kappa shape index (κ1) is 9.97. The normalized spacial score (nSPS) is 10.9. The van der Waals surface area contributed by atoms with Crippen LogP contribution in [0.3, 0.4) is 0 Å². The van der Waals surface area contributed by atoms with Gasteiger partial charge >= 0.3 is 0 Å². The van der Waals surface area contributed by atoms with E-state index in [0.29, 0.717) is 0 Å². The second-order valence-corrected chi connectivity index (χ2v) is 4.11. The molecule has 0 radical (unpaired) electrons. The van der Waals surface area contributed by atoms with Gasteiger partial charge in [0.1, 0.15) is 0 Å². The molecule has 0 aliphatic carbocycles. The van der Waals surface area contributed by atoms with Crippen molar-refractivity contribution in [3.63, 3.8) is 0 Å². The van der Waals surface area contributed by atoms with Gasteiger partial charge in [-0.25, -0.2) is 0 Å². The minimum absolute atomic E-state index is 0.758. The third-order valence-corrected chi connectivity index (χ3v) is 3.48. The smallest absolute Gasteiger partial charge is 0.152 e. The number of H-pyrrole nitrogens is 1. The van der Waals surface area contributed by atoms with E-state index in [1.54, 1.807) is 6.20 Å². The highest BCUT2D eigenvalue weighted by Crippen LogP contribution is 2.30. The van der Waals surface area contributed by atoms with Gasteiger partial charge in [0.05, 0.1) is 0 Å². The van der Waals surface area contributed by atoms with E-state index in [0.717, 1.165) is 22.8 Å². The molecule has 0 saturated heterocycles. The molecule has 1 heterocycles. The number of aromatic nitrogens is 1. The second kappa shape index (κ2) is 3.23. The average Bonchev–Trinajstić information content (AvgIpc) is 2.67. The van der Waals surface area contributed by atoms with Gasteiger partial charge in [-0.05, 0) is 49.9 Å². The predicted molar refractivity (Wildman–Crippen MR) is 62.6 cm³/mol. The van der Waals surface area contributed by atoms with Crippen LogP contribution >= 0.6 is 0 Å². The van der Waals surface area contributed by atoms with E-state index in [2.05, 4.69) is 32.7 Å². The highest BCUT2D eigenvalue weighted by Gasteiger charge is 2.12. The molecule has 1 N–H and O–H groups in total. The van der Waals surface area contributed by atoms with Crippen molar-refractivity contribution in [3.8, 4) is 0 Å². The van der Waals surface area contributed by atoms with Crippen molar-refractivity contribution in [2.24, 2.45) is 0 Å². The quantitative estimate of drug-likeness (QED) is 0.706. The van der Waals surface area contributed by atoms with Crippen LogP contribution in [0.25, 0.3) is 10.9 Å². The first-order valence-electron chi connectivity index (χ1n) is 5.10. The number of rotatable bonds is 1. The van der Waals surface area contributed by atoms with E-state index in [4.69, 9.17) is 0 Å². The summed E-state index contributed by atoms with van der Waals surface area (Å²) in [6, 6.07) is 0. The maximum absolute atomic E-state index is 10.9. The van der Waals surface area contributed by atoms with E-state index >= 15 is 0 Å². The molecule has 0 bridgehead atoms. The Morgan fingerprint density at radius 1 is 1.00 bits per heavy atom. The van der Waals surface area contributed by atoms with Crippen LogP contribution in [0.15, 0.2) is 6.20 Å². The summed E-state index contributed by atoms with van der Waals surface area (Å²) in [5, 5.41) is 1.07. The van der Waals surface area contributed by atoms with Crippen molar-refractivity contribution >= 4 is 17.2 Å². The van der Waals surface area contributed by atoms with Crippen molar-refractivity contribution in [2.45, 2.75) is 27.7 Å². The topological polar surface area (TPSA) is 32.9 Å². The first-order chi connectivity index (χ1) is 7.07. The molecule has 2 nitrogen and oxygen atoms in total. The Morgan fingerprint density at radius 3 is 2.20 bits per heavy atom. The third-order valence-electron chi connectivity index (χ3n) is 3.48. The summed E-state index contributed by atoms with van der Waals surface area (Å²) in [5.41, 5.74) is 6.88. The van der Waals surface area contributed by atoms with Crippen molar-refractivity contribution < 1.29 is 4.79 Å². The fourth-order valence-electron chi connectivity index (χ4n) is 2.17. The molecule has 15 heavy (non-hydrogen) atoms. The molecule has 1 aromatic heterocycles. The second-order valence-electron chi connectivity index (χ2n) is 4.11. The van der Waals surface area contributed by atoms with Crippen LogP contribution in [-0.4, -0.2) is 11.3 Å². The number of hydrogen-bond acceptors (Lipinski definition) is 1. The summed E-state index contributed by atoms with van der Waals surface area (Å²) in [5.74, 6) is 0. The van der Waals surface area contributed by atoms with Crippen LogP contribution in [0.5, 0.6) is 0 Å². The summed E-state index contributed by atoms with van der Waals surface area (Å²) < 4.78 is 0. The van der Waals surface area contributed by atoms with Crippen LogP contribution in [0.4, 0.5) is 0 Å². The predicted octanol–water partition coefficient (Wildman–Crippen LogP) is 3.21. The van der Waals surface area contributed by atoms with Gasteiger partial charge in [-0.15, -0.1) is 0 Å². The molecule has 0 saturated carbocycles. The Hall–Kier alpha value is -1.57. The molecule has 2 aromatic rings. The monoisotopic (exact) mass is 201 g/mol. The Bertz CT molecular complexity index is 549. The maximum Gasteiger partial charge on any atom is 0.152 e. The number of carbonyl (C=O) groups excluding carboxylic acids is 1. The summed E-state index contributed by atoms with van der Waals surface area (Å²) >= 11 is 0. The number of benzene rings is 1. The lowest BCUT2D eigenvalue weighted by Gasteiger charge is -2.11. The van der Waals surface area contributed by atoms with Crippen LogP contribution in [0.2, 0.25) is 0 Å². The molecule has 0 unspecified atom stereocenters. The number of carbonyl (C=O) groups is 1. The van der Waals surface area contributed by atoms with Crippen molar-refractivity contribution in [2.75, 3.05) is 0 Å². The highest BCUT2D eigenvalue weighted by atomic mass is 16.1. The van der Waals surface area contributed by atoms with E-state index in [-0.39, 0.29) is 0 Å². The van der Waals surface area contributed by atoms with E-state index in [9.17, 15) is 4.79 Å². The molecular formula is C13H15NO. The molecule has 0 amide bonds. The molecule has 0 aliphatic heterocycles. The zero-order valence-corrected chi connectivity index (χ0v) is 9.56. The number of aryl methyl sites for hydroxylation is 2. The lowest BCUT2D eigenvalue weighted by molar-refractivity contribution is 0.112. The van der Waals surface area contributed by atoms with Crippen molar-refractivity contribution in [3.05, 3.63) is 34.0 Å². The molecule has 78 valence electrons. The molecule has 0 spiro atoms. The molecule has 2 heteroatoms. The van der Waals surface area contributed by atoms with Crippen LogP contribution < -0.4 is 0 Å². The van der Waals surface area contributed by atoms with Gasteiger partial charge in [-0.1, -0.05) is 0 Å². The van der Waals surface area contributed by atoms with Crippen LogP contribution in [-0.2, 0) is 0 Å². The Balaban J connectivity index is 3.03. The summed E-state index contributed by atoms with van der Waals surface area (Å²) in [6.45, 7) is 8.40. The highest BCUT2D eigenvalue weighted by molar-refractivity contribution is 6.01. The van der Waals surface area contributed by atoms with Gasteiger partial charge < -0.3 is 4.98 Å². The Kier molecular flexibility index (Phi) is 2.14. The third kappa shape index (κ3) is 1.21. The molecule has 2 rings (SSSR count). The van der Waals surface area contributed by atoms with Crippen LogP contribution in [0.1, 0.15) is 32.6 Å². The maximum atomic E-state index is 10.9. The Labute approximate surface area is 89.3 Å². The summed E-state index contributed by atoms with van der Waals surface area (Å²) in [4.78, 5) is 14.1. The molecule has 0 fully saturated rings. The van der Waals surface area contributed by atoms with Gasteiger partial charge in [-0.2, -0.15) is 0 Å². The average molecular weight is 201 g/mol. The van der Waals surface area contributed by atoms with Gasteiger partial charge in [0.25, 0.3) is 0 Å². The zero-order chi connectivity index (χ0) is 11.2. The van der Waals surface area contributed by atoms with Gasteiger partial charge in [0.2, 0.25) is 0 Å². The summed E-state index contributed by atoms with van der Waals surface area (Å²) in [7, 11) is 0. The zero-order valence-electron chi connectivity index (χ0n) is 9.56. The van der Waals surface area contributed by atoms with Crippen LogP contribution in [0, 0.1) is 27.7 Å². The van der Waals surface area contributed by atoms with Gasteiger partial charge in [0, 0.05) is 22.7 Å². The number of hydrogen-bond donors (Lipinski definition) is 1. The minimum atomic E-state index is 0.758. The van der Waals surface area contributed by atoms with E-state index in [1.807, 2.05) is 0 Å². The number of aromatic amines is 1. The van der Waals surface area contributed by atoms with Gasteiger partial charge in [-0.3, -0.25) is 4.79 Å². The standard InChI is InChI=1S/C13H15NO/c1-7-8(2)10(4)13-12(9(7)3)11(6-15)5-14-13/h5-6,14H,1-4H3. The molecule has 0 atom stereocenters. The van der Waals surface area contributed by atoms with E-state index < -0.39 is 0 Å². The molecular weight excluding hydrogens is 186 g/mol. The molecule has 0 aliphatic rings. The van der Waals surface area contributed by atoms with Gasteiger partial charge in [0.15, 0.2) is 6.29 Å². The SMILES string of the molecule is Cc1c(C)c(C)c2c(C=O)c[nH]c2c1C. The largest absolute Gasteiger partial charge is 0.360 e. The molecule has 1 aromatic carbocycles. The fourth-order valence-corrected chi connectivity index (χ4v) is 2.17.